The van der Waals surface area contributed by atoms with Crippen LogP contribution in [0.15, 0.2) is 58.1 Å². The number of carbonyl (C=O) groups excluding carboxylic acids is 1. The number of benzene rings is 2. The molecule has 7 heteroatoms. The van der Waals surface area contributed by atoms with Gasteiger partial charge in [0.15, 0.2) is 0 Å². The van der Waals surface area contributed by atoms with Gasteiger partial charge in [-0.15, -0.1) is 0 Å². The van der Waals surface area contributed by atoms with Gasteiger partial charge in [-0.3, -0.25) is 19.0 Å². The van der Waals surface area contributed by atoms with Crippen LogP contribution in [0.1, 0.15) is 5.56 Å². The average Bonchev–Trinajstić information content (AvgIpc) is 2.60. The number of halogens is 1. The summed E-state index contributed by atoms with van der Waals surface area (Å²) in [5.74, 6) is -0.687. The van der Waals surface area contributed by atoms with Crippen molar-refractivity contribution in [1.29, 1.82) is 0 Å². The molecule has 0 aliphatic rings. The zero-order valence-electron chi connectivity index (χ0n) is 13.3. The van der Waals surface area contributed by atoms with Gasteiger partial charge in [0.25, 0.3) is 0 Å². The number of nitrogens with zero attached hydrogens (tertiary/aromatic N) is 1. The number of hydrogen-bond acceptors (Lipinski definition) is 3. The van der Waals surface area contributed by atoms with Crippen molar-refractivity contribution in [2.24, 2.45) is 0 Å². The number of aromatic amines is 1. The smallest absolute Gasteiger partial charge is 0.317 e. The van der Waals surface area contributed by atoms with Crippen LogP contribution in [-0.4, -0.2) is 22.0 Å². The minimum absolute atomic E-state index is 0.243. The van der Waals surface area contributed by atoms with Gasteiger partial charge in [-0.25, -0.2) is 4.39 Å². The van der Waals surface area contributed by atoms with E-state index in [1.807, 2.05) is 0 Å². The lowest BCUT2D eigenvalue weighted by atomic mass is 10.1. The molecule has 2 aromatic carbocycles. The predicted molar refractivity (Wildman–Crippen MR) is 91.9 cm³/mol. The Bertz CT molecular complexity index is 1020. The van der Waals surface area contributed by atoms with Crippen LogP contribution in [0.5, 0.6) is 0 Å². The normalized spacial score (nSPS) is 10.8. The number of amides is 1. The summed E-state index contributed by atoms with van der Waals surface area (Å²) < 4.78 is 14.0. The van der Waals surface area contributed by atoms with Gasteiger partial charge in [0.05, 0.1) is 11.0 Å². The Hall–Kier alpha value is -3.22. The van der Waals surface area contributed by atoms with Crippen molar-refractivity contribution < 1.29 is 9.18 Å². The van der Waals surface area contributed by atoms with Gasteiger partial charge >= 0.3 is 11.1 Å². The number of carbonyl (C=O) groups is 1. The average molecular weight is 341 g/mol. The molecular weight excluding hydrogens is 325 g/mol. The van der Waals surface area contributed by atoms with Crippen LogP contribution >= 0.6 is 0 Å². The fourth-order valence-corrected chi connectivity index (χ4v) is 2.58. The van der Waals surface area contributed by atoms with Crippen molar-refractivity contribution >= 4 is 16.9 Å². The van der Waals surface area contributed by atoms with Crippen molar-refractivity contribution in [2.75, 3.05) is 6.54 Å². The molecule has 2 N–H and O–H groups in total. The maximum atomic E-state index is 12.8. The Kier molecular flexibility index (Phi) is 4.74. The topological polar surface area (TPSA) is 84.0 Å². The molecule has 0 spiro atoms. The van der Waals surface area contributed by atoms with E-state index in [0.29, 0.717) is 24.0 Å². The van der Waals surface area contributed by atoms with Gasteiger partial charge < -0.3 is 10.3 Å². The molecule has 0 aliphatic carbocycles. The standard InChI is InChI=1S/C18H16FN3O3/c19-13-7-5-12(6-8-13)9-10-20-16(23)11-22-15-4-2-1-3-14(15)21-17(24)18(22)25/h1-8H,9-11H2,(H,20,23)(H,21,24). The van der Waals surface area contributed by atoms with Crippen molar-refractivity contribution in [1.82, 2.24) is 14.9 Å². The summed E-state index contributed by atoms with van der Waals surface area (Å²) in [6.07, 6.45) is 0.539. The molecule has 3 aromatic rings. The molecule has 6 nitrogen and oxygen atoms in total. The minimum Gasteiger partial charge on any atom is -0.354 e. The third-order valence-corrected chi connectivity index (χ3v) is 3.83. The van der Waals surface area contributed by atoms with Crippen LogP contribution in [0, 0.1) is 5.82 Å². The highest BCUT2D eigenvalue weighted by atomic mass is 19.1. The van der Waals surface area contributed by atoms with E-state index in [9.17, 15) is 18.8 Å². The highest BCUT2D eigenvalue weighted by Crippen LogP contribution is 2.07. The van der Waals surface area contributed by atoms with Gasteiger partial charge in [0.1, 0.15) is 12.4 Å². The highest BCUT2D eigenvalue weighted by molar-refractivity contribution is 5.79. The van der Waals surface area contributed by atoms with Crippen LogP contribution < -0.4 is 16.4 Å². The van der Waals surface area contributed by atoms with Crippen LogP contribution in [-0.2, 0) is 17.8 Å². The predicted octanol–water partition coefficient (Wildman–Crippen LogP) is 1.19. The van der Waals surface area contributed by atoms with Crippen LogP contribution in [0.25, 0.3) is 11.0 Å². The number of H-pyrrole nitrogens is 1. The molecule has 0 atom stereocenters. The zero-order valence-corrected chi connectivity index (χ0v) is 13.3. The molecule has 25 heavy (non-hydrogen) atoms. The molecule has 0 saturated heterocycles. The maximum absolute atomic E-state index is 12.8. The van der Waals surface area contributed by atoms with E-state index in [-0.39, 0.29) is 18.3 Å². The number of nitrogens with one attached hydrogen (secondary N) is 2. The van der Waals surface area contributed by atoms with E-state index >= 15 is 0 Å². The van der Waals surface area contributed by atoms with E-state index < -0.39 is 11.1 Å². The Labute approximate surface area is 141 Å². The highest BCUT2D eigenvalue weighted by Gasteiger charge is 2.10. The fraction of sp³-hybridized carbons (Fsp3) is 0.167. The lowest BCUT2D eigenvalue weighted by Crippen LogP contribution is -2.40. The number of aromatic nitrogens is 2. The first-order valence-corrected chi connectivity index (χ1v) is 7.77. The summed E-state index contributed by atoms with van der Waals surface area (Å²) in [5.41, 5.74) is 0.331. The zero-order chi connectivity index (χ0) is 17.8. The number of fused-ring (bicyclic) bond motifs is 1. The summed E-state index contributed by atoms with van der Waals surface area (Å²) in [6.45, 7) is 0.104. The second-order valence-corrected chi connectivity index (χ2v) is 5.59. The second-order valence-electron chi connectivity index (χ2n) is 5.59. The van der Waals surface area contributed by atoms with Crippen molar-refractivity contribution in [3.05, 3.63) is 80.6 Å². The molecule has 1 amide bonds. The Balaban J connectivity index is 1.70. The third-order valence-electron chi connectivity index (χ3n) is 3.83. The number of rotatable bonds is 5. The molecular formula is C18H16FN3O3. The van der Waals surface area contributed by atoms with E-state index in [1.165, 1.54) is 12.1 Å². The lowest BCUT2D eigenvalue weighted by Gasteiger charge is -2.10. The summed E-state index contributed by atoms with van der Waals surface area (Å²) in [5, 5.41) is 2.70. The van der Waals surface area contributed by atoms with Gasteiger partial charge in [0.2, 0.25) is 5.91 Å². The Morgan fingerprint density at radius 1 is 1.08 bits per heavy atom. The van der Waals surface area contributed by atoms with Crippen molar-refractivity contribution in [3.8, 4) is 0 Å². The van der Waals surface area contributed by atoms with E-state index in [4.69, 9.17) is 0 Å². The largest absolute Gasteiger partial charge is 0.354 e. The molecule has 0 aliphatic heterocycles. The Morgan fingerprint density at radius 3 is 2.56 bits per heavy atom. The molecule has 3 rings (SSSR count). The first-order chi connectivity index (χ1) is 12.0. The Morgan fingerprint density at radius 2 is 1.80 bits per heavy atom. The van der Waals surface area contributed by atoms with E-state index in [0.717, 1.165) is 10.1 Å². The van der Waals surface area contributed by atoms with Crippen molar-refractivity contribution in [3.63, 3.8) is 0 Å². The number of para-hydroxylation sites is 2. The first kappa shape index (κ1) is 16.6. The maximum Gasteiger partial charge on any atom is 0.317 e. The molecule has 0 fully saturated rings. The van der Waals surface area contributed by atoms with Gasteiger partial charge in [-0.1, -0.05) is 24.3 Å². The van der Waals surface area contributed by atoms with E-state index in [1.54, 1.807) is 36.4 Å². The molecule has 0 unspecified atom stereocenters. The van der Waals surface area contributed by atoms with Gasteiger partial charge in [-0.05, 0) is 36.2 Å². The minimum atomic E-state index is -0.771. The molecule has 0 saturated carbocycles. The SMILES string of the molecule is O=C(Cn1c(=O)c(=O)[nH]c2ccccc21)NCCc1ccc(F)cc1. The molecule has 0 radical (unpaired) electrons. The van der Waals surface area contributed by atoms with Crippen LogP contribution in [0.4, 0.5) is 4.39 Å². The van der Waals surface area contributed by atoms with Crippen molar-refractivity contribution in [2.45, 2.75) is 13.0 Å². The lowest BCUT2D eigenvalue weighted by molar-refractivity contribution is -0.121. The second kappa shape index (κ2) is 7.12. The molecule has 128 valence electrons. The summed E-state index contributed by atoms with van der Waals surface area (Å²) in [6, 6.07) is 12.8. The van der Waals surface area contributed by atoms with Gasteiger partial charge in [0, 0.05) is 6.54 Å². The molecule has 1 heterocycles. The van der Waals surface area contributed by atoms with Crippen LogP contribution in [0.3, 0.4) is 0 Å². The molecule has 0 bridgehead atoms. The summed E-state index contributed by atoms with van der Waals surface area (Å²) in [7, 11) is 0. The fourth-order valence-electron chi connectivity index (χ4n) is 2.58. The first-order valence-electron chi connectivity index (χ1n) is 7.77. The summed E-state index contributed by atoms with van der Waals surface area (Å²) in [4.78, 5) is 38.4. The summed E-state index contributed by atoms with van der Waals surface area (Å²) >= 11 is 0. The van der Waals surface area contributed by atoms with Gasteiger partial charge in [-0.2, -0.15) is 0 Å². The van der Waals surface area contributed by atoms with E-state index in [2.05, 4.69) is 10.3 Å². The quantitative estimate of drug-likeness (QED) is 0.684. The third kappa shape index (κ3) is 3.82. The number of hydrogen-bond donors (Lipinski definition) is 2. The molecule has 1 aromatic heterocycles. The monoisotopic (exact) mass is 341 g/mol. The van der Waals surface area contributed by atoms with Crippen LogP contribution in [0.2, 0.25) is 0 Å².